The Kier molecular flexibility index (Phi) is 3.45. The molecular formula is C15H11F2N3O. The highest BCUT2D eigenvalue weighted by atomic mass is 19.2. The molecule has 106 valence electrons. The van der Waals surface area contributed by atoms with Crippen LogP contribution in [0.2, 0.25) is 0 Å². The smallest absolute Gasteiger partial charge is 0.258 e. The average molecular weight is 287 g/mol. The highest BCUT2D eigenvalue weighted by Crippen LogP contribution is 2.23. The minimum absolute atomic E-state index is 0.196. The lowest BCUT2D eigenvalue weighted by molar-refractivity contribution is 0.432. The van der Waals surface area contributed by atoms with Crippen LogP contribution in [-0.2, 0) is 6.54 Å². The highest BCUT2D eigenvalue weighted by molar-refractivity contribution is 5.60. The van der Waals surface area contributed by atoms with E-state index in [1.54, 1.807) is 0 Å². The van der Waals surface area contributed by atoms with Gasteiger partial charge in [-0.3, -0.25) is 0 Å². The first-order valence-corrected chi connectivity index (χ1v) is 6.26. The van der Waals surface area contributed by atoms with Crippen LogP contribution in [0.4, 0.5) is 8.78 Å². The predicted molar refractivity (Wildman–Crippen MR) is 73.0 cm³/mol. The third-order valence-electron chi connectivity index (χ3n) is 3.01. The van der Waals surface area contributed by atoms with Gasteiger partial charge in [-0.05, 0) is 35.9 Å². The molecule has 3 rings (SSSR count). The van der Waals surface area contributed by atoms with Gasteiger partial charge in [0.05, 0.1) is 0 Å². The van der Waals surface area contributed by atoms with Crippen LogP contribution in [0, 0.1) is 11.6 Å². The maximum atomic E-state index is 13.2. The number of aromatic nitrogens is 2. The first kappa shape index (κ1) is 13.4. The number of benzene rings is 2. The minimum Gasteiger partial charge on any atom is -0.334 e. The molecule has 6 heteroatoms. The molecule has 0 aliphatic carbocycles. The van der Waals surface area contributed by atoms with Gasteiger partial charge in [0.1, 0.15) is 0 Å². The third kappa shape index (κ3) is 2.66. The summed E-state index contributed by atoms with van der Waals surface area (Å²) in [5.74, 6) is -1.38. The Bertz CT molecular complexity index is 786. The van der Waals surface area contributed by atoms with E-state index in [0.717, 1.165) is 23.3 Å². The fourth-order valence-electron chi connectivity index (χ4n) is 1.92. The van der Waals surface area contributed by atoms with Gasteiger partial charge in [0.15, 0.2) is 11.6 Å². The zero-order valence-corrected chi connectivity index (χ0v) is 10.9. The lowest BCUT2D eigenvalue weighted by atomic mass is 10.1. The van der Waals surface area contributed by atoms with Crippen molar-refractivity contribution < 1.29 is 13.3 Å². The molecule has 0 amide bonds. The topological polar surface area (TPSA) is 64.9 Å². The summed E-state index contributed by atoms with van der Waals surface area (Å²) in [6.07, 6.45) is 0. The lowest BCUT2D eigenvalue weighted by Crippen LogP contribution is -1.95. The Hall–Kier alpha value is -2.60. The number of halogens is 2. The van der Waals surface area contributed by atoms with Crippen molar-refractivity contribution in [3.63, 3.8) is 0 Å². The molecule has 0 aliphatic rings. The molecule has 3 aromatic rings. The van der Waals surface area contributed by atoms with Gasteiger partial charge in [-0.25, -0.2) is 8.78 Å². The zero-order chi connectivity index (χ0) is 14.8. The Morgan fingerprint density at radius 3 is 2.62 bits per heavy atom. The van der Waals surface area contributed by atoms with E-state index >= 15 is 0 Å². The summed E-state index contributed by atoms with van der Waals surface area (Å²) in [7, 11) is 0. The quantitative estimate of drug-likeness (QED) is 0.803. The van der Waals surface area contributed by atoms with Crippen molar-refractivity contribution in [2.45, 2.75) is 6.54 Å². The van der Waals surface area contributed by atoms with E-state index in [1.165, 1.54) is 6.07 Å². The summed E-state index contributed by atoms with van der Waals surface area (Å²) < 4.78 is 31.3. The van der Waals surface area contributed by atoms with Gasteiger partial charge < -0.3 is 10.3 Å². The summed E-state index contributed by atoms with van der Waals surface area (Å²) >= 11 is 0. The van der Waals surface area contributed by atoms with Crippen molar-refractivity contribution in [2.75, 3.05) is 0 Å². The van der Waals surface area contributed by atoms with Crippen molar-refractivity contribution in [2.24, 2.45) is 5.73 Å². The SMILES string of the molecule is NCc1cccc(-c2nc(-c3ccc(F)c(F)c3)no2)c1. The molecule has 0 atom stereocenters. The summed E-state index contributed by atoms with van der Waals surface area (Å²) in [4.78, 5) is 4.19. The van der Waals surface area contributed by atoms with Gasteiger partial charge in [0.25, 0.3) is 5.89 Å². The van der Waals surface area contributed by atoms with Crippen molar-refractivity contribution in [3.8, 4) is 22.8 Å². The monoisotopic (exact) mass is 287 g/mol. The number of rotatable bonds is 3. The third-order valence-corrected chi connectivity index (χ3v) is 3.01. The maximum Gasteiger partial charge on any atom is 0.258 e. The normalized spacial score (nSPS) is 10.8. The van der Waals surface area contributed by atoms with Crippen LogP contribution in [0.25, 0.3) is 22.8 Å². The van der Waals surface area contributed by atoms with Crippen LogP contribution >= 0.6 is 0 Å². The Morgan fingerprint density at radius 1 is 1.00 bits per heavy atom. The zero-order valence-electron chi connectivity index (χ0n) is 10.9. The first-order valence-electron chi connectivity index (χ1n) is 6.26. The molecule has 1 heterocycles. The fourth-order valence-corrected chi connectivity index (χ4v) is 1.92. The molecule has 0 aliphatic heterocycles. The number of nitrogens with two attached hydrogens (primary N) is 1. The van der Waals surface area contributed by atoms with Crippen LogP contribution < -0.4 is 5.73 Å². The molecule has 0 spiro atoms. The van der Waals surface area contributed by atoms with E-state index < -0.39 is 11.6 Å². The van der Waals surface area contributed by atoms with E-state index in [0.29, 0.717) is 18.0 Å². The molecular weight excluding hydrogens is 276 g/mol. The second-order valence-corrected chi connectivity index (χ2v) is 4.46. The van der Waals surface area contributed by atoms with Gasteiger partial charge in [0, 0.05) is 17.7 Å². The van der Waals surface area contributed by atoms with E-state index in [4.69, 9.17) is 10.3 Å². The molecule has 2 aromatic carbocycles. The lowest BCUT2D eigenvalue weighted by Gasteiger charge is -1.98. The molecule has 0 fully saturated rings. The average Bonchev–Trinajstić information content (AvgIpc) is 3.00. The van der Waals surface area contributed by atoms with Gasteiger partial charge in [0.2, 0.25) is 5.82 Å². The molecule has 2 N–H and O–H groups in total. The van der Waals surface area contributed by atoms with Crippen molar-refractivity contribution >= 4 is 0 Å². The van der Waals surface area contributed by atoms with Gasteiger partial charge >= 0.3 is 0 Å². The van der Waals surface area contributed by atoms with Crippen LogP contribution in [0.15, 0.2) is 47.0 Å². The van der Waals surface area contributed by atoms with Crippen molar-refractivity contribution in [1.82, 2.24) is 10.1 Å². The van der Waals surface area contributed by atoms with Gasteiger partial charge in [-0.1, -0.05) is 17.3 Å². The van der Waals surface area contributed by atoms with E-state index in [-0.39, 0.29) is 5.82 Å². The van der Waals surface area contributed by atoms with E-state index in [1.807, 2.05) is 24.3 Å². The molecule has 1 aromatic heterocycles. The summed E-state index contributed by atoms with van der Waals surface area (Å²) in [5, 5.41) is 3.78. The maximum absolute atomic E-state index is 13.2. The van der Waals surface area contributed by atoms with E-state index in [2.05, 4.69) is 10.1 Å². The van der Waals surface area contributed by atoms with Crippen LogP contribution in [0.5, 0.6) is 0 Å². The van der Waals surface area contributed by atoms with Crippen molar-refractivity contribution in [3.05, 3.63) is 59.7 Å². The van der Waals surface area contributed by atoms with Crippen LogP contribution in [-0.4, -0.2) is 10.1 Å². The molecule has 4 nitrogen and oxygen atoms in total. The summed E-state index contributed by atoms with van der Waals surface area (Å²) in [6.45, 7) is 0.401. The van der Waals surface area contributed by atoms with Gasteiger partial charge in [-0.2, -0.15) is 4.98 Å². The Morgan fingerprint density at radius 2 is 1.86 bits per heavy atom. The number of hydrogen-bond acceptors (Lipinski definition) is 4. The molecule has 0 saturated carbocycles. The predicted octanol–water partition coefficient (Wildman–Crippen LogP) is 3.14. The number of nitrogens with zero attached hydrogens (tertiary/aromatic N) is 2. The second-order valence-electron chi connectivity index (χ2n) is 4.46. The number of hydrogen-bond donors (Lipinski definition) is 1. The molecule has 0 bridgehead atoms. The van der Waals surface area contributed by atoms with Crippen molar-refractivity contribution in [1.29, 1.82) is 0 Å². The Labute approximate surface area is 119 Å². The fraction of sp³-hybridized carbons (Fsp3) is 0.0667. The Balaban J connectivity index is 1.97. The highest BCUT2D eigenvalue weighted by Gasteiger charge is 2.12. The summed E-state index contributed by atoms with van der Waals surface area (Å²) in [6, 6.07) is 10.8. The first-order chi connectivity index (χ1) is 10.2. The molecule has 0 saturated heterocycles. The van der Waals surface area contributed by atoms with Crippen LogP contribution in [0.1, 0.15) is 5.56 Å². The standard InChI is InChI=1S/C15H11F2N3O/c16-12-5-4-10(7-13(12)17)14-19-15(21-20-14)11-3-1-2-9(6-11)8-18/h1-7H,8,18H2. The minimum atomic E-state index is -0.955. The van der Waals surface area contributed by atoms with Crippen LogP contribution in [0.3, 0.4) is 0 Å². The molecule has 0 radical (unpaired) electrons. The molecule has 21 heavy (non-hydrogen) atoms. The molecule has 0 unspecified atom stereocenters. The van der Waals surface area contributed by atoms with E-state index in [9.17, 15) is 8.78 Å². The second kappa shape index (κ2) is 5.41. The van der Waals surface area contributed by atoms with Gasteiger partial charge in [-0.15, -0.1) is 0 Å². The largest absolute Gasteiger partial charge is 0.334 e. The summed E-state index contributed by atoms with van der Waals surface area (Å²) in [5.41, 5.74) is 7.58.